The monoisotopic (exact) mass is 274 g/mol. The number of methoxy groups -OCH3 is 1. The van der Waals surface area contributed by atoms with Crippen molar-refractivity contribution < 1.29 is 19.1 Å². The number of allylic oxidation sites excluding steroid dienone is 1. The van der Waals surface area contributed by atoms with Crippen LogP contribution in [0, 0.1) is 5.92 Å². The minimum Gasteiger partial charge on any atom is -0.469 e. The summed E-state index contributed by atoms with van der Waals surface area (Å²) in [7, 11) is 1.21. The van der Waals surface area contributed by atoms with Gasteiger partial charge in [-0.05, 0) is 12.5 Å². The van der Waals surface area contributed by atoms with E-state index < -0.39 is 30.0 Å². The van der Waals surface area contributed by atoms with Gasteiger partial charge in [-0.25, -0.2) is 0 Å². The minimum atomic E-state index is -0.908. The number of esters is 1. The molecule has 0 aliphatic rings. The fraction of sp³-hybridized carbons (Fsp3) is 0.312. The zero-order chi connectivity index (χ0) is 15.1. The van der Waals surface area contributed by atoms with Crippen LogP contribution in [0.2, 0.25) is 0 Å². The van der Waals surface area contributed by atoms with E-state index >= 15 is 0 Å². The molecule has 0 aromatic heterocycles. The average molecular weight is 274 g/mol. The van der Waals surface area contributed by atoms with E-state index in [2.05, 4.69) is 11.3 Å². The third kappa shape index (κ3) is 3.88. The Morgan fingerprint density at radius 2 is 1.85 bits per heavy atom. The summed E-state index contributed by atoms with van der Waals surface area (Å²) in [5, 5.41) is 0. The van der Waals surface area contributed by atoms with E-state index in [-0.39, 0.29) is 5.78 Å². The van der Waals surface area contributed by atoms with E-state index in [0.717, 1.165) is 5.56 Å². The van der Waals surface area contributed by atoms with Crippen molar-refractivity contribution >= 4 is 17.5 Å². The molecule has 1 rings (SSSR count). The summed E-state index contributed by atoms with van der Waals surface area (Å²) in [5.41, 5.74) is 0.820. The highest BCUT2D eigenvalue weighted by atomic mass is 16.5. The molecular formula is C16H18O4. The van der Waals surface area contributed by atoms with Gasteiger partial charge in [0.15, 0.2) is 5.78 Å². The van der Waals surface area contributed by atoms with Crippen LogP contribution in [0.4, 0.5) is 0 Å². The van der Waals surface area contributed by atoms with Crippen LogP contribution in [0.15, 0.2) is 43.0 Å². The molecule has 0 fully saturated rings. The topological polar surface area (TPSA) is 60.4 Å². The number of hydrogen-bond donors (Lipinski definition) is 0. The molecule has 0 saturated carbocycles. The van der Waals surface area contributed by atoms with Gasteiger partial charge in [0.05, 0.1) is 13.0 Å². The molecule has 4 heteroatoms. The van der Waals surface area contributed by atoms with Crippen LogP contribution in [-0.2, 0) is 19.1 Å². The van der Waals surface area contributed by atoms with Crippen LogP contribution < -0.4 is 0 Å². The lowest BCUT2D eigenvalue weighted by molar-refractivity contribution is -0.144. The Morgan fingerprint density at radius 3 is 2.30 bits per heavy atom. The van der Waals surface area contributed by atoms with Crippen LogP contribution in [0.3, 0.4) is 0 Å². The summed E-state index contributed by atoms with van der Waals surface area (Å²) in [6.45, 7) is 5.05. The molecule has 4 nitrogen and oxygen atoms in total. The molecule has 0 aliphatic carbocycles. The summed E-state index contributed by atoms with van der Waals surface area (Å²) in [6.07, 6.45) is 1.16. The molecule has 0 N–H and O–H groups in total. The number of carbonyl (C=O) groups is 3. The summed E-state index contributed by atoms with van der Waals surface area (Å²) in [5.74, 6) is -2.72. The second kappa shape index (κ2) is 7.38. The van der Waals surface area contributed by atoms with Crippen LogP contribution in [0.25, 0.3) is 0 Å². The largest absolute Gasteiger partial charge is 0.469 e. The average Bonchev–Trinajstić information content (AvgIpc) is 2.44. The molecule has 0 spiro atoms. The number of ether oxygens (including phenoxy) is 1. The Bertz CT molecular complexity index is 504. The number of carbonyl (C=O) groups excluding carboxylic acids is 3. The Morgan fingerprint density at radius 1 is 1.25 bits per heavy atom. The van der Waals surface area contributed by atoms with Gasteiger partial charge in [0, 0.05) is 5.92 Å². The first-order chi connectivity index (χ1) is 9.51. The molecule has 1 aromatic rings. The second-order valence-electron chi connectivity index (χ2n) is 4.48. The molecule has 2 atom stereocenters. The number of hydrogen-bond acceptors (Lipinski definition) is 4. The maximum atomic E-state index is 12.2. The summed E-state index contributed by atoms with van der Waals surface area (Å²) < 4.78 is 4.47. The van der Waals surface area contributed by atoms with Gasteiger partial charge in [0.2, 0.25) is 0 Å². The van der Waals surface area contributed by atoms with Crippen LogP contribution in [0.1, 0.15) is 24.8 Å². The van der Waals surface area contributed by atoms with Crippen molar-refractivity contribution in [2.75, 3.05) is 7.11 Å². The highest BCUT2D eigenvalue weighted by Gasteiger charge is 2.32. The molecule has 20 heavy (non-hydrogen) atoms. The maximum Gasteiger partial charge on any atom is 0.313 e. The van der Waals surface area contributed by atoms with Crippen LogP contribution in [-0.4, -0.2) is 24.6 Å². The molecule has 2 unspecified atom stereocenters. The van der Waals surface area contributed by atoms with Gasteiger partial charge in [-0.3, -0.25) is 14.4 Å². The van der Waals surface area contributed by atoms with E-state index in [1.54, 1.807) is 6.08 Å². The van der Waals surface area contributed by atoms with Crippen molar-refractivity contribution in [2.24, 2.45) is 5.92 Å². The predicted octanol–water partition coefficient (Wildman–Crippen LogP) is 2.29. The fourth-order valence-electron chi connectivity index (χ4n) is 2.14. The number of Topliss-reactive ketones (excluding diaryl/α,β-unsaturated/α-hetero) is 2. The quantitative estimate of drug-likeness (QED) is 0.435. The van der Waals surface area contributed by atoms with E-state index in [4.69, 9.17) is 0 Å². The van der Waals surface area contributed by atoms with Gasteiger partial charge >= 0.3 is 5.97 Å². The van der Waals surface area contributed by atoms with Gasteiger partial charge < -0.3 is 4.74 Å². The maximum absolute atomic E-state index is 12.2. The molecule has 0 radical (unpaired) electrons. The van der Waals surface area contributed by atoms with Crippen molar-refractivity contribution in [3.8, 4) is 0 Å². The fourth-order valence-corrected chi connectivity index (χ4v) is 2.14. The summed E-state index contributed by atoms with van der Waals surface area (Å²) in [6, 6.07) is 9.16. The van der Waals surface area contributed by atoms with Crippen molar-refractivity contribution in [3.05, 3.63) is 48.6 Å². The first kappa shape index (κ1) is 15.8. The SMILES string of the molecule is C=CC(c1ccccc1)C(C(C)=O)C(=O)CC(=O)OC. The molecule has 0 heterocycles. The Labute approximate surface area is 118 Å². The number of rotatable bonds is 7. The Hall–Kier alpha value is -2.23. The van der Waals surface area contributed by atoms with Gasteiger partial charge in [0.25, 0.3) is 0 Å². The molecule has 0 aliphatic heterocycles. The van der Waals surface area contributed by atoms with E-state index in [1.807, 2.05) is 30.3 Å². The number of ketones is 2. The smallest absolute Gasteiger partial charge is 0.313 e. The molecule has 0 saturated heterocycles. The first-order valence-electron chi connectivity index (χ1n) is 6.28. The Kier molecular flexibility index (Phi) is 5.84. The molecule has 0 bridgehead atoms. The number of benzene rings is 1. The molecular weight excluding hydrogens is 256 g/mol. The third-order valence-corrected chi connectivity index (χ3v) is 3.13. The third-order valence-electron chi connectivity index (χ3n) is 3.13. The van der Waals surface area contributed by atoms with Crippen LogP contribution >= 0.6 is 0 Å². The zero-order valence-corrected chi connectivity index (χ0v) is 11.7. The van der Waals surface area contributed by atoms with Crippen molar-refractivity contribution in [1.82, 2.24) is 0 Å². The molecule has 0 amide bonds. The lowest BCUT2D eigenvalue weighted by Crippen LogP contribution is -2.29. The highest BCUT2D eigenvalue weighted by Crippen LogP contribution is 2.28. The highest BCUT2D eigenvalue weighted by molar-refractivity contribution is 6.08. The first-order valence-corrected chi connectivity index (χ1v) is 6.28. The van der Waals surface area contributed by atoms with Gasteiger partial charge in [-0.15, -0.1) is 6.58 Å². The molecule has 106 valence electrons. The predicted molar refractivity (Wildman–Crippen MR) is 75.2 cm³/mol. The molecule has 1 aromatic carbocycles. The van der Waals surface area contributed by atoms with Crippen molar-refractivity contribution in [2.45, 2.75) is 19.3 Å². The van der Waals surface area contributed by atoms with E-state index in [1.165, 1.54) is 14.0 Å². The van der Waals surface area contributed by atoms with Crippen molar-refractivity contribution in [3.63, 3.8) is 0 Å². The Balaban J connectivity index is 3.05. The lowest BCUT2D eigenvalue weighted by atomic mass is 9.80. The van der Waals surface area contributed by atoms with Crippen molar-refractivity contribution in [1.29, 1.82) is 0 Å². The zero-order valence-electron chi connectivity index (χ0n) is 11.7. The van der Waals surface area contributed by atoms with Gasteiger partial charge in [0.1, 0.15) is 12.2 Å². The van der Waals surface area contributed by atoms with E-state index in [0.29, 0.717) is 0 Å². The normalized spacial score (nSPS) is 13.1. The van der Waals surface area contributed by atoms with E-state index in [9.17, 15) is 14.4 Å². The van der Waals surface area contributed by atoms with Gasteiger partial charge in [-0.1, -0.05) is 36.4 Å². The second-order valence-corrected chi connectivity index (χ2v) is 4.48. The lowest BCUT2D eigenvalue weighted by Gasteiger charge is -2.21. The summed E-state index contributed by atoms with van der Waals surface area (Å²) >= 11 is 0. The summed E-state index contributed by atoms with van der Waals surface area (Å²) in [4.78, 5) is 35.2. The standard InChI is InChI=1S/C16H18O4/c1-4-13(12-8-6-5-7-9-12)16(11(2)17)14(18)10-15(19)20-3/h4-9,13,16H,1,10H2,2-3H3. The minimum absolute atomic E-state index is 0.285. The van der Waals surface area contributed by atoms with Crippen LogP contribution in [0.5, 0.6) is 0 Å². The van der Waals surface area contributed by atoms with Gasteiger partial charge in [-0.2, -0.15) is 0 Å².